The van der Waals surface area contributed by atoms with Crippen molar-refractivity contribution in [3.05, 3.63) is 29.1 Å². The summed E-state index contributed by atoms with van der Waals surface area (Å²) in [4.78, 5) is 35.3. The monoisotopic (exact) mass is 534 g/mol. The molecule has 0 aromatic heterocycles. The quantitative estimate of drug-likeness (QED) is 0.422. The zero-order valence-electron chi connectivity index (χ0n) is 20.5. The number of carbonyl (C=O) groups is 3. The number of halogens is 4. The number of quaternary nitrogens is 1. The minimum atomic E-state index is -5.19. The van der Waals surface area contributed by atoms with E-state index in [0.717, 1.165) is 44.3 Å². The molecule has 0 bridgehead atoms. The van der Waals surface area contributed by atoms with Crippen LogP contribution in [0.25, 0.3) is 0 Å². The average Bonchev–Trinajstić information content (AvgIpc) is 3.63. The Balaban J connectivity index is 0.000000479. The third-order valence-electron chi connectivity index (χ3n) is 6.57. The van der Waals surface area contributed by atoms with Gasteiger partial charge in [0.15, 0.2) is 6.04 Å². The number of esters is 1. The summed E-state index contributed by atoms with van der Waals surface area (Å²) in [6.07, 6.45) is -1.51. The van der Waals surface area contributed by atoms with Crippen molar-refractivity contribution in [2.24, 2.45) is 5.92 Å². The van der Waals surface area contributed by atoms with E-state index in [2.05, 4.69) is 5.32 Å². The molecule has 37 heavy (non-hydrogen) atoms. The van der Waals surface area contributed by atoms with E-state index in [1.54, 1.807) is 13.0 Å². The lowest BCUT2D eigenvalue weighted by atomic mass is 9.99. The van der Waals surface area contributed by atoms with Crippen molar-refractivity contribution >= 4 is 17.8 Å². The number of methoxy groups -OCH3 is 1. The number of carbonyl (C=O) groups excluding carboxylic acids is 3. The van der Waals surface area contributed by atoms with Gasteiger partial charge in [0.2, 0.25) is 0 Å². The second kappa shape index (κ2) is 12.1. The molecule has 206 valence electrons. The first-order valence-corrected chi connectivity index (χ1v) is 12.0. The van der Waals surface area contributed by atoms with Crippen LogP contribution in [0.4, 0.5) is 17.6 Å². The van der Waals surface area contributed by atoms with Gasteiger partial charge in [-0.15, -0.1) is 0 Å². The summed E-state index contributed by atoms with van der Waals surface area (Å²) in [6.45, 7) is 4.39. The molecule has 2 heterocycles. The second-order valence-electron chi connectivity index (χ2n) is 9.29. The molecule has 9 nitrogen and oxygen atoms in total. The van der Waals surface area contributed by atoms with Gasteiger partial charge >= 0.3 is 12.1 Å². The van der Waals surface area contributed by atoms with Gasteiger partial charge in [-0.3, -0.25) is 9.69 Å². The van der Waals surface area contributed by atoms with Crippen LogP contribution in [0.1, 0.15) is 54.4 Å². The maximum atomic E-state index is 15.0. The molecule has 3 fully saturated rings. The second-order valence-corrected chi connectivity index (χ2v) is 9.29. The highest BCUT2D eigenvalue weighted by molar-refractivity contribution is 5.97. The molecule has 0 unspecified atom stereocenters. The number of alkyl halides is 3. The van der Waals surface area contributed by atoms with Crippen molar-refractivity contribution < 1.29 is 56.6 Å². The van der Waals surface area contributed by atoms with Crippen molar-refractivity contribution in [3.63, 3.8) is 0 Å². The van der Waals surface area contributed by atoms with E-state index in [1.165, 1.54) is 18.1 Å². The highest BCUT2D eigenvalue weighted by Gasteiger charge is 2.43. The SMILES string of the molecule is COC(=O)[C@@H]1[C@@H](C)OCN1C(=O)c1cc(C2CC2)c(OCC2CC[NH2+]CC2)cc1F.O=C([O-])C(F)(F)F. The van der Waals surface area contributed by atoms with Crippen LogP contribution in [0.3, 0.4) is 0 Å². The molecule has 2 N–H and O–H groups in total. The van der Waals surface area contributed by atoms with Gasteiger partial charge in [0.25, 0.3) is 5.91 Å². The summed E-state index contributed by atoms with van der Waals surface area (Å²) < 4.78 is 62.8. The molecular weight excluding hydrogens is 504 g/mol. The predicted molar refractivity (Wildman–Crippen MR) is 117 cm³/mol. The van der Waals surface area contributed by atoms with E-state index in [9.17, 15) is 22.8 Å². The number of carboxylic acids is 1. The topological polar surface area (TPSA) is 122 Å². The Morgan fingerprint density at radius 2 is 1.78 bits per heavy atom. The van der Waals surface area contributed by atoms with Crippen LogP contribution in [0.5, 0.6) is 5.75 Å². The van der Waals surface area contributed by atoms with Gasteiger partial charge in [0.1, 0.15) is 24.3 Å². The standard InChI is InChI=1S/C22H29FN2O5.C2HF3O2/c1-13-20(22(27)28-2)25(12-30-13)21(26)17-9-16(15-3-4-15)19(10-18(17)23)29-11-14-5-7-24-8-6-14;3-2(4,5)1(6)7/h9-10,13-15,20,24H,3-8,11-12H2,1-2H3;(H,6,7)/t13-,20+;/m1./s1. The zero-order chi connectivity index (χ0) is 27.3. The van der Waals surface area contributed by atoms with Crippen molar-refractivity contribution in [2.75, 3.05) is 33.5 Å². The third kappa shape index (κ3) is 7.31. The van der Waals surface area contributed by atoms with Gasteiger partial charge in [-0.2, -0.15) is 13.2 Å². The van der Waals surface area contributed by atoms with Gasteiger partial charge in [0.05, 0.1) is 38.5 Å². The lowest BCUT2D eigenvalue weighted by Crippen LogP contribution is -2.86. The maximum absolute atomic E-state index is 15.0. The van der Waals surface area contributed by atoms with Crippen LogP contribution in [0.15, 0.2) is 12.1 Å². The molecule has 13 heteroatoms. The number of amides is 1. The van der Waals surface area contributed by atoms with Crippen LogP contribution in [0.2, 0.25) is 0 Å². The van der Waals surface area contributed by atoms with Crippen molar-refractivity contribution in [2.45, 2.75) is 56.8 Å². The number of nitrogens with two attached hydrogens (primary N) is 1. The van der Waals surface area contributed by atoms with Crippen LogP contribution in [-0.4, -0.2) is 74.6 Å². The first kappa shape index (κ1) is 28.6. The molecule has 0 radical (unpaired) electrons. The molecule has 2 saturated heterocycles. The lowest BCUT2D eigenvalue weighted by Gasteiger charge is -2.24. The van der Waals surface area contributed by atoms with Crippen LogP contribution >= 0.6 is 0 Å². The van der Waals surface area contributed by atoms with Gasteiger partial charge < -0.3 is 29.4 Å². The number of carboxylic acid groups (broad SMARTS) is 1. The Labute approximate surface area is 211 Å². The smallest absolute Gasteiger partial charge is 0.430 e. The van der Waals surface area contributed by atoms with Crippen molar-refractivity contribution in [3.8, 4) is 5.75 Å². The Bertz CT molecular complexity index is 994. The van der Waals surface area contributed by atoms with Crippen LogP contribution in [-0.2, 0) is 19.1 Å². The fraction of sp³-hybridized carbons (Fsp3) is 0.625. The van der Waals surface area contributed by atoms with Crippen LogP contribution in [0, 0.1) is 11.7 Å². The summed E-state index contributed by atoms with van der Waals surface area (Å²) in [5.74, 6) is -3.47. The summed E-state index contributed by atoms with van der Waals surface area (Å²) in [5.41, 5.74) is 0.827. The normalized spacial score (nSPS) is 22.2. The van der Waals surface area contributed by atoms with Crippen molar-refractivity contribution in [1.29, 1.82) is 0 Å². The molecule has 1 aromatic carbocycles. The van der Waals surface area contributed by atoms with E-state index >= 15 is 4.39 Å². The first-order valence-electron chi connectivity index (χ1n) is 12.0. The summed E-state index contributed by atoms with van der Waals surface area (Å²) in [7, 11) is 1.26. The highest BCUT2D eigenvalue weighted by Crippen LogP contribution is 2.45. The third-order valence-corrected chi connectivity index (χ3v) is 6.57. The number of ether oxygens (including phenoxy) is 3. The molecule has 2 aliphatic heterocycles. The van der Waals surface area contributed by atoms with Gasteiger partial charge in [-0.1, -0.05) is 0 Å². The molecule has 1 saturated carbocycles. The summed E-state index contributed by atoms with van der Waals surface area (Å²) in [6, 6.07) is 2.06. The molecule has 3 aliphatic rings. The van der Waals surface area contributed by atoms with E-state index in [-0.39, 0.29) is 18.2 Å². The fourth-order valence-corrected chi connectivity index (χ4v) is 4.35. The van der Waals surface area contributed by atoms with Gasteiger partial charge in [0, 0.05) is 24.8 Å². The van der Waals surface area contributed by atoms with E-state index in [4.69, 9.17) is 24.1 Å². The van der Waals surface area contributed by atoms with E-state index in [1.807, 2.05) is 0 Å². The lowest BCUT2D eigenvalue weighted by molar-refractivity contribution is -0.664. The minimum absolute atomic E-state index is 0.0527. The van der Waals surface area contributed by atoms with Crippen LogP contribution < -0.4 is 15.2 Å². The molecule has 0 spiro atoms. The first-order chi connectivity index (χ1) is 17.4. The summed E-state index contributed by atoms with van der Waals surface area (Å²) in [5, 5.41) is 11.1. The number of benzene rings is 1. The van der Waals surface area contributed by atoms with E-state index < -0.39 is 42.0 Å². The summed E-state index contributed by atoms with van der Waals surface area (Å²) >= 11 is 0. The molecule has 4 rings (SSSR count). The number of nitrogens with zero attached hydrogens (tertiary/aromatic N) is 1. The number of hydrogen-bond donors (Lipinski definition) is 1. The molecule has 2 atom stereocenters. The fourth-order valence-electron chi connectivity index (χ4n) is 4.35. The van der Waals surface area contributed by atoms with Gasteiger partial charge in [-0.25, -0.2) is 9.18 Å². The largest absolute Gasteiger partial charge is 0.542 e. The Kier molecular flexibility index (Phi) is 9.35. The number of hydrogen-bond acceptors (Lipinski definition) is 7. The molecule has 1 amide bonds. The molecular formula is C24H30F4N2O7. The maximum Gasteiger partial charge on any atom is 0.430 e. The molecule has 1 aromatic rings. The number of aliphatic carboxylic acids is 1. The Morgan fingerprint density at radius 3 is 2.32 bits per heavy atom. The average molecular weight is 535 g/mol. The highest BCUT2D eigenvalue weighted by atomic mass is 19.4. The minimum Gasteiger partial charge on any atom is -0.542 e. The predicted octanol–water partition coefficient (Wildman–Crippen LogP) is 0.714. The Morgan fingerprint density at radius 1 is 1.16 bits per heavy atom. The van der Waals surface area contributed by atoms with E-state index in [0.29, 0.717) is 18.3 Å². The Hall–Kier alpha value is -2.93. The van der Waals surface area contributed by atoms with Crippen molar-refractivity contribution in [1.82, 2.24) is 4.90 Å². The molecule has 1 aliphatic carbocycles. The zero-order valence-corrected chi connectivity index (χ0v) is 20.5. The van der Waals surface area contributed by atoms with Gasteiger partial charge in [-0.05, 0) is 37.3 Å². The number of rotatable bonds is 6. The number of piperidine rings is 1.